The van der Waals surface area contributed by atoms with Crippen molar-refractivity contribution in [2.45, 2.75) is 25.8 Å². The van der Waals surface area contributed by atoms with Gasteiger partial charge in [-0.1, -0.05) is 0 Å². The maximum absolute atomic E-state index is 12.3. The summed E-state index contributed by atoms with van der Waals surface area (Å²) in [6.45, 7) is 2.01. The molecule has 3 rings (SSSR count). The summed E-state index contributed by atoms with van der Waals surface area (Å²) < 4.78 is 0. The Labute approximate surface area is 105 Å². The quantitative estimate of drug-likeness (QED) is 0.831. The van der Waals surface area contributed by atoms with Crippen LogP contribution in [-0.4, -0.2) is 29.4 Å². The number of hydrogen-bond acceptors (Lipinski definition) is 3. The van der Waals surface area contributed by atoms with Crippen molar-refractivity contribution >= 4 is 17.5 Å². The van der Waals surface area contributed by atoms with Crippen molar-refractivity contribution in [2.75, 3.05) is 11.4 Å². The number of piperazine rings is 1. The first kappa shape index (κ1) is 11.2. The van der Waals surface area contributed by atoms with Crippen molar-refractivity contribution in [3.8, 4) is 0 Å². The smallest absolute Gasteiger partial charge is 0.250 e. The van der Waals surface area contributed by atoms with E-state index in [2.05, 4.69) is 10.3 Å². The fourth-order valence-corrected chi connectivity index (χ4v) is 2.32. The Hall–Kier alpha value is -1.91. The van der Waals surface area contributed by atoms with E-state index in [4.69, 9.17) is 0 Å². The molecular weight excluding hydrogens is 230 g/mol. The van der Waals surface area contributed by atoms with E-state index in [9.17, 15) is 9.59 Å². The van der Waals surface area contributed by atoms with Crippen LogP contribution in [0.15, 0.2) is 18.5 Å². The summed E-state index contributed by atoms with van der Waals surface area (Å²) in [5.74, 6) is 0.222. The molecule has 1 unspecified atom stereocenters. The lowest BCUT2D eigenvalue weighted by atomic mass is 10.1. The number of anilines is 1. The highest BCUT2D eigenvalue weighted by Gasteiger charge is 2.43. The Morgan fingerprint density at radius 3 is 2.78 bits per heavy atom. The molecule has 1 aliphatic carbocycles. The van der Waals surface area contributed by atoms with Gasteiger partial charge in [0.25, 0.3) is 0 Å². The number of hydrogen-bond donors (Lipinski definition) is 1. The molecule has 1 aromatic heterocycles. The second-order valence-electron chi connectivity index (χ2n) is 5.03. The van der Waals surface area contributed by atoms with Crippen molar-refractivity contribution in [1.29, 1.82) is 0 Å². The molecule has 0 radical (unpaired) electrons. The van der Waals surface area contributed by atoms with Crippen LogP contribution in [0.1, 0.15) is 18.4 Å². The highest BCUT2D eigenvalue weighted by Crippen LogP contribution is 2.35. The van der Waals surface area contributed by atoms with E-state index in [1.54, 1.807) is 17.3 Å². The molecule has 5 heteroatoms. The molecule has 1 saturated carbocycles. The van der Waals surface area contributed by atoms with Gasteiger partial charge in [0, 0.05) is 6.20 Å². The summed E-state index contributed by atoms with van der Waals surface area (Å²) in [6.07, 6.45) is 5.41. The van der Waals surface area contributed by atoms with Gasteiger partial charge in [0.2, 0.25) is 11.8 Å². The first-order valence-corrected chi connectivity index (χ1v) is 6.17. The Kier molecular flexibility index (Phi) is 2.54. The molecule has 1 aromatic rings. The number of nitrogens with one attached hydrogen (secondary N) is 1. The van der Waals surface area contributed by atoms with Gasteiger partial charge in [0.15, 0.2) is 0 Å². The van der Waals surface area contributed by atoms with E-state index in [0.717, 1.165) is 18.4 Å². The minimum Gasteiger partial charge on any atom is -0.342 e. The second kappa shape index (κ2) is 4.08. The van der Waals surface area contributed by atoms with Crippen LogP contribution in [0, 0.1) is 12.8 Å². The largest absolute Gasteiger partial charge is 0.342 e. The number of nitrogens with zero attached hydrogens (tertiary/aromatic N) is 2. The number of amides is 2. The Morgan fingerprint density at radius 2 is 2.11 bits per heavy atom. The number of aryl methyl sites for hydroxylation is 1. The zero-order valence-corrected chi connectivity index (χ0v) is 10.2. The highest BCUT2D eigenvalue weighted by atomic mass is 16.2. The van der Waals surface area contributed by atoms with Gasteiger partial charge in [-0.2, -0.15) is 0 Å². The molecule has 2 amide bonds. The highest BCUT2D eigenvalue weighted by molar-refractivity contribution is 6.06. The third kappa shape index (κ3) is 1.96. The van der Waals surface area contributed by atoms with E-state index in [0.29, 0.717) is 11.6 Å². The molecule has 2 fully saturated rings. The lowest BCUT2D eigenvalue weighted by Crippen LogP contribution is -2.59. The third-order valence-electron chi connectivity index (χ3n) is 3.42. The molecule has 1 saturated heterocycles. The van der Waals surface area contributed by atoms with E-state index in [-0.39, 0.29) is 24.4 Å². The van der Waals surface area contributed by atoms with Gasteiger partial charge in [-0.05, 0) is 37.3 Å². The molecule has 2 aliphatic rings. The Balaban J connectivity index is 1.90. The lowest BCUT2D eigenvalue weighted by molar-refractivity contribution is -0.131. The van der Waals surface area contributed by atoms with Gasteiger partial charge in [0.1, 0.15) is 12.6 Å². The molecule has 2 heterocycles. The van der Waals surface area contributed by atoms with Crippen LogP contribution < -0.4 is 10.2 Å². The maximum Gasteiger partial charge on any atom is 0.250 e. The Bertz CT molecular complexity index is 511. The van der Waals surface area contributed by atoms with Gasteiger partial charge >= 0.3 is 0 Å². The molecule has 0 bridgehead atoms. The zero-order chi connectivity index (χ0) is 12.7. The fraction of sp³-hybridized carbons (Fsp3) is 0.462. The maximum atomic E-state index is 12.3. The summed E-state index contributed by atoms with van der Waals surface area (Å²) in [7, 11) is 0. The molecule has 1 atom stereocenters. The standard InChI is InChI=1S/C13H15N3O2/c1-8-4-10(6-14-5-8)16-7-11(17)15-12(13(16)18)9-2-3-9/h4-6,9,12H,2-3,7H2,1H3,(H,15,17). The first-order chi connectivity index (χ1) is 8.65. The van der Waals surface area contributed by atoms with E-state index in [1.807, 2.05) is 13.0 Å². The van der Waals surface area contributed by atoms with Gasteiger partial charge in [-0.15, -0.1) is 0 Å². The zero-order valence-electron chi connectivity index (χ0n) is 10.2. The van der Waals surface area contributed by atoms with Gasteiger partial charge < -0.3 is 5.32 Å². The molecule has 94 valence electrons. The summed E-state index contributed by atoms with van der Waals surface area (Å²) in [6, 6.07) is 1.54. The van der Waals surface area contributed by atoms with Crippen molar-refractivity contribution in [2.24, 2.45) is 5.92 Å². The van der Waals surface area contributed by atoms with Gasteiger partial charge in [0.05, 0.1) is 11.9 Å². The average Bonchev–Trinajstić information content (AvgIpc) is 3.16. The minimum absolute atomic E-state index is 0.00972. The Morgan fingerprint density at radius 1 is 1.33 bits per heavy atom. The minimum atomic E-state index is -0.341. The first-order valence-electron chi connectivity index (χ1n) is 6.17. The van der Waals surface area contributed by atoms with Crippen LogP contribution >= 0.6 is 0 Å². The molecule has 0 aromatic carbocycles. The van der Waals surface area contributed by atoms with E-state index >= 15 is 0 Å². The van der Waals surface area contributed by atoms with Crippen LogP contribution in [0.2, 0.25) is 0 Å². The van der Waals surface area contributed by atoms with Crippen molar-refractivity contribution < 1.29 is 9.59 Å². The third-order valence-corrected chi connectivity index (χ3v) is 3.42. The molecular formula is C13H15N3O2. The van der Waals surface area contributed by atoms with Crippen molar-refractivity contribution in [1.82, 2.24) is 10.3 Å². The van der Waals surface area contributed by atoms with Crippen LogP contribution in [0.3, 0.4) is 0 Å². The topological polar surface area (TPSA) is 62.3 Å². The number of rotatable bonds is 2. The summed E-state index contributed by atoms with van der Waals surface area (Å²) in [5.41, 5.74) is 1.69. The summed E-state index contributed by atoms with van der Waals surface area (Å²) >= 11 is 0. The fourth-order valence-electron chi connectivity index (χ4n) is 2.32. The van der Waals surface area contributed by atoms with E-state index in [1.165, 1.54) is 0 Å². The van der Waals surface area contributed by atoms with Crippen LogP contribution in [0.5, 0.6) is 0 Å². The number of carbonyl (C=O) groups excluding carboxylic acids is 2. The van der Waals surface area contributed by atoms with E-state index < -0.39 is 0 Å². The van der Waals surface area contributed by atoms with Crippen LogP contribution in [0.4, 0.5) is 5.69 Å². The average molecular weight is 245 g/mol. The number of carbonyl (C=O) groups is 2. The predicted octanol–water partition coefficient (Wildman–Crippen LogP) is 0.631. The molecule has 18 heavy (non-hydrogen) atoms. The van der Waals surface area contributed by atoms with Crippen LogP contribution in [-0.2, 0) is 9.59 Å². The summed E-state index contributed by atoms with van der Waals surface area (Å²) in [4.78, 5) is 29.7. The molecule has 5 nitrogen and oxygen atoms in total. The predicted molar refractivity (Wildman–Crippen MR) is 66.0 cm³/mol. The SMILES string of the molecule is Cc1cncc(N2CC(=O)NC(C3CC3)C2=O)c1. The van der Waals surface area contributed by atoms with Gasteiger partial charge in [-0.3, -0.25) is 19.5 Å². The molecule has 1 N–H and O–H groups in total. The second-order valence-corrected chi connectivity index (χ2v) is 5.03. The molecule has 1 aliphatic heterocycles. The number of pyridine rings is 1. The molecule has 0 spiro atoms. The van der Waals surface area contributed by atoms with Crippen molar-refractivity contribution in [3.63, 3.8) is 0 Å². The number of aromatic nitrogens is 1. The van der Waals surface area contributed by atoms with Crippen LogP contribution in [0.25, 0.3) is 0 Å². The van der Waals surface area contributed by atoms with Crippen molar-refractivity contribution in [3.05, 3.63) is 24.0 Å². The monoisotopic (exact) mass is 245 g/mol. The van der Waals surface area contributed by atoms with Gasteiger partial charge in [-0.25, -0.2) is 0 Å². The summed E-state index contributed by atoms with van der Waals surface area (Å²) in [5, 5.41) is 2.79. The normalized spacial score (nSPS) is 24.1. The lowest BCUT2D eigenvalue weighted by Gasteiger charge is -2.32.